The van der Waals surface area contributed by atoms with E-state index in [9.17, 15) is 0 Å². The van der Waals surface area contributed by atoms with Crippen LogP contribution in [0.15, 0.2) is 41.8 Å². The third kappa shape index (κ3) is 6.76. The van der Waals surface area contributed by atoms with Crippen molar-refractivity contribution < 1.29 is 4.74 Å². The third-order valence-electron chi connectivity index (χ3n) is 3.63. The van der Waals surface area contributed by atoms with E-state index in [0.29, 0.717) is 12.0 Å². The summed E-state index contributed by atoms with van der Waals surface area (Å²) in [6, 6.07) is 12.5. The van der Waals surface area contributed by atoms with Crippen LogP contribution < -0.4 is 10.1 Å². The van der Waals surface area contributed by atoms with Crippen LogP contribution in [0.2, 0.25) is 0 Å². The Labute approximate surface area is 144 Å². The molecule has 2 nitrogen and oxygen atoms in total. The smallest absolute Gasteiger partial charge is 0.122 e. The first-order chi connectivity index (χ1) is 10.7. The molecule has 0 bridgehead atoms. The van der Waals surface area contributed by atoms with Gasteiger partial charge in [0.1, 0.15) is 12.4 Å². The molecule has 126 valence electrons. The van der Waals surface area contributed by atoms with E-state index in [1.807, 2.05) is 0 Å². The second-order valence-corrected chi connectivity index (χ2v) is 9.02. The van der Waals surface area contributed by atoms with E-state index >= 15 is 0 Å². The number of benzene rings is 1. The quantitative estimate of drug-likeness (QED) is 0.710. The van der Waals surface area contributed by atoms with Gasteiger partial charge in [-0.05, 0) is 54.8 Å². The van der Waals surface area contributed by atoms with Crippen molar-refractivity contribution in [1.29, 1.82) is 0 Å². The first-order valence-corrected chi connectivity index (χ1v) is 9.11. The molecular weight excluding hydrogens is 302 g/mol. The first kappa shape index (κ1) is 18.0. The highest BCUT2D eigenvalue weighted by molar-refractivity contribution is 7.09. The third-order valence-corrected chi connectivity index (χ3v) is 4.48. The van der Waals surface area contributed by atoms with Gasteiger partial charge in [-0.3, -0.25) is 0 Å². The zero-order valence-corrected chi connectivity index (χ0v) is 15.8. The molecule has 0 spiro atoms. The summed E-state index contributed by atoms with van der Waals surface area (Å²) in [7, 11) is 0. The van der Waals surface area contributed by atoms with E-state index in [-0.39, 0.29) is 5.54 Å². The molecule has 0 radical (unpaired) electrons. The van der Waals surface area contributed by atoms with E-state index in [1.165, 1.54) is 10.4 Å². The highest BCUT2D eigenvalue weighted by Crippen LogP contribution is 2.27. The maximum atomic E-state index is 5.81. The van der Waals surface area contributed by atoms with E-state index < -0.39 is 0 Å². The van der Waals surface area contributed by atoms with Gasteiger partial charge in [0, 0.05) is 17.0 Å². The summed E-state index contributed by atoms with van der Waals surface area (Å²) in [5.41, 5.74) is 1.75. The molecule has 3 heteroatoms. The molecule has 2 rings (SSSR count). The summed E-state index contributed by atoms with van der Waals surface area (Å²) >= 11 is 1.73. The molecule has 23 heavy (non-hydrogen) atoms. The average Bonchev–Trinajstić information content (AvgIpc) is 2.95. The van der Waals surface area contributed by atoms with Crippen molar-refractivity contribution in [1.82, 2.24) is 5.32 Å². The van der Waals surface area contributed by atoms with Gasteiger partial charge in [0.25, 0.3) is 0 Å². The molecular formula is C20H29NOS. The molecule has 0 aliphatic carbocycles. The first-order valence-electron chi connectivity index (χ1n) is 8.23. The zero-order chi connectivity index (χ0) is 16.9. The Bertz CT molecular complexity index is 579. The molecule has 0 saturated carbocycles. The van der Waals surface area contributed by atoms with Gasteiger partial charge in [0.15, 0.2) is 0 Å². The topological polar surface area (TPSA) is 21.3 Å². The lowest BCUT2D eigenvalue weighted by molar-refractivity contribution is 0.240. The molecule has 1 heterocycles. The lowest BCUT2D eigenvalue weighted by atomic mass is 9.82. The van der Waals surface area contributed by atoms with E-state index in [0.717, 1.165) is 18.7 Å². The summed E-state index contributed by atoms with van der Waals surface area (Å²) in [6.45, 7) is 12.9. The molecule has 0 atom stereocenters. The van der Waals surface area contributed by atoms with Crippen LogP contribution in [-0.2, 0) is 13.2 Å². The number of hydrogen-bond acceptors (Lipinski definition) is 3. The van der Waals surface area contributed by atoms with Gasteiger partial charge in [-0.1, -0.05) is 39.0 Å². The number of nitrogens with one attached hydrogen (secondary N) is 1. The van der Waals surface area contributed by atoms with Gasteiger partial charge in [-0.2, -0.15) is 0 Å². The Morgan fingerprint density at radius 3 is 2.26 bits per heavy atom. The predicted molar refractivity (Wildman–Crippen MR) is 100 cm³/mol. The van der Waals surface area contributed by atoms with Gasteiger partial charge < -0.3 is 10.1 Å². The van der Waals surface area contributed by atoms with Crippen LogP contribution in [0.3, 0.4) is 0 Å². The molecule has 0 fully saturated rings. The maximum absolute atomic E-state index is 5.81. The summed E-state index contributed by atoms with van der Waals surface area (Å²) in [4.78, 5) is 1.25. The minimum atomic E-state index is 0.132. The monoisotopic (exact) mass is 331 g/mol. The van der Waals surface area contributed by atoms with Gasteiger partial charge in [0.2, 0.25) is 0 Å². The lowest BCUT2D eigenvalue weighted by Gasteiger charge is -2.33. The van der Waals surface area contributed by atoms with Crippen LogP contribution in [-0.4, -0.2) is 5.54 Å². The summed E-state index contributed by atoms with van der Waals surface area (Å²) in [6.07, 6.45) is 1.14. The Hall–Kier alpha value is -1.32. The van der Waals surface area contributed by atoms with Crippen molar-refractivity contribution >= 4 is 11.3 Å². The SMILES string of the molecule is CC(C)(C)CC(C)(C)NCc1ccc(OCc2cccs2)cc1. The molecule has 0 aliphatic heterocycles. The van der Waals surface area contributed by atoms with Crippen molar-refractivity contribution in [2.24, 2.45) is 5.41 Å². The summed E-state index contributed by atoms with van der Waals surface area (Å²) < 4.78 is 5.81. The average molecular weight is 332 g/mol. The lowest BCUT2D eigenvalue weighted by Crippen LogP contribution is -2.41. The fourth-order valence-electron chi connectivity index (χ4n) is 2.98. The molecule has 0 unspecified atom stereocenters. The number of rotatable bonds is 7. The number of ether oxygens (including phenoxy) is 1. The van der Waals surface area contributed by atoms with Crippen molar-refractivity contribution in [3.63, 3.8) is 0 Å². The largest absolute Gasteiger partial charge is 0.488 e. The standard InChI is InChI=1S/C20H29NOS/c1-19(2,3)15-20(4,5)21-13-16-8-10-17(11-9-16)22-14-18-7-6-12-23-18/h6-12,21H,13-15H2,1-5H3. The number of thiophene rings is 1. The molecule has 0 aliphatic rings. The van der Waals surface area contributed by atoms with Crippen LogP contribution in [0.1, 0.15) is 51.5 Å². The van der Waals surface area contributed by atoms with Crippen LogP contribution in [0.25, 0.3) is 0 Å². The van der Waals surface area contributed by atoms with Gasteiger partial charge >= 0.3 is 0 Å². The Kier molecular flexibility index (Phi) is 5.88. The van der Waals surface area contributed by atoms with Crippen molar-refractivity contribution in [2.45, 2.75) is 59.7 Å². The fourth-order valence-corrected chi connectivity index (χ4v) is 3.60. The molecule has 0 saturated heterocycles. The normalized spacial score (nSPS) is 12.4. The van der Waals surface area contributed by atoms with E-state index in [2.05, 4.69) is 81.7 Å². The molecule has 1 aromatic heterocycles. The summed E-state index contributed by atoms with van der Waals surface area (Å²) in [5, 5.41) is 5.74. The van der Waals surface area contributed by atoms with Crippen LogP contribution in [0, 0.1) is 5.41 Å². The van der Waals surface area contributed by atoms with Crippen molar-refractivity contribution in [3.05, 3.63) is 52.2 Å². The van der Waals surface area contributed by atoms with Crippen LogP contribution >= 0.6 is 11.3 Å². The maximum Gasteiger partial charge on any atom is 0.122 e. The predicted octanol–water partition coefficient (Wildman–Crippen LogP) is 5.63. The second-order valence-electron chi connectivity index (χ2n) is 7.99. The Balaban J connectivity index is 1.82. The van der Waals surface area contributed by atoms with Gasteiger partial charge in [-0.25, -0.2) is 0 Å². The van der Waals surface area contributed by atoms with Crippen molar-refractivity contribution in [2.75, 3.05) is 0 Å². The van der Waals surface area contributed by atoms with E-state index in [4.69, 9.17) is 4.74 Å². The minimum Gasteiger partial charge on any atom is -0.488 e. The molecule has 1 aromatic carbocycles. The highest BCUT2D eigenvalue weighted by atomic mass is 32.1. The minimum absolute atomic E-state index is 0.132. The molecule has 2 aromatic rings. The van der Waals surface area contributed by atoms with Gasteiger partial charge in [0.05, 0.1) is 0 Å². The molecule has 0 amide bonds. The molecule has 1 N–H and O–H groups in total. The number of hydrogen-bond donors (Lipinski definition) is 1. The van der Waals surface area contributed by atoms with Crippen LogP contribution in [0.4, 0.5) is 0 Å². The zero-order valence-electron chi connectivity index (χ0n) is 15.0. The van der Waals surface area contributed by atoms with E-state index in [1.54, 1.807) is 11.3 Å². The Morgan fingerprint density at radius 1 is 1.00 bits per heavy atom. The second kappa shape index (κ2) is 7.50. The highest BCUT2D eigenvalue weighted by Gasteiger charge is 2.24. The summed E-state index contributed by atoms with van der Waals surface area (Å²) in [5.74, 6) is 0.927. The fraction of sp³-hybridized carbons (Fsp3) is 0.500. The van der Waals surface area contributed by atoms with Gasteiger partial charge in [-0.15, -0.1) is 11.3 Å². The van der Waals surface area contributed by atoms with Crippen LogP contribution in [0.5, 0.6) is 5.75 Å². The Morgan fingerprint density at radius 2 is 1.70 bits per heavy atom. The van der Waals surface area contributed by atoms with Crippen molar-refractivity contribution in [3.8, 4) is 5.75 Å².